The van der Waals surface area contributed by atoms with E-state index < -0.39 is 5.97 Å². The smallest absolute Gasteiger partial charge is 0.320 e. The van der Waals surface area contributed by atoms with Crippen LogP contribution in [0.3, 0.4) is 0 Å². The molecule has 2 saturated heterocycles. The molecule has 0 radical (unpaired) electrons. The number of carbonyl (C=O) groups is 1. The molecule has 5 heteroatoms. The Bertz CT molecular complexity index is 373. The number of ether oxygens (including phenoxy) is 1. The Morgan fingerprint density at radius 1 is 1.20 bits per heavy atom. The quantitative estimate of drug-likeness (QED) is 0.849. The Kier molecular flexibility index (Phi) is 4.15. The Labute approximate surface area is 121 Å². The van der Waals surface area contributed by atoms with E-state index >= 15 is 0 Å². The molecule has 0 aromatic carbocycles. The van der Waals surface area contributed by atoms with Crippen LogP contribution in [0.2, 0.25) is 0 Å². The van der Waals surface area contributed by atoms with Gasteiger partial charge in [0.2, 0.25) is 0 Å². The molecule has 2 aliphatic heterocycles. The summed E-state index contributed by atoms with van der Waals surface area (Å²) in [6.07, 6.45) is 1.04. The zero-order valence-electron chi connectivity index (χ0n) is 13.3. The van der Waals surface area contributed by atoms with Crippen molar-refractivity contribution in [2.45, 2.75) is 64.3 Å². The summed E-state index contributed by atoms with van der Waals surface area (Å²) < 4.78 is 6.17. The first-order valence-electron chi connectivity index (χ1n) is 7.53. The lowest BCUT2D eigenvalue weighted by molar-refractivity contribution is -0.143. The Morgan fingerprint density at radius 2 is 1.75 bits per heavy atom. The molecule has 0 bridgehead atoms. The van der Waals surface area contributed by atoms with Crippen LogP contribution >= 0.6 is 0 Å². The Hall–Kier alpha value is -0.650. The van der Waals surface area contributed by atoms with Gasteiger partial charge in [0.25, 0.3) is 0 Å². The molecular weight excluding hydrogens is 256 g/mol. The van der Waals surface area contributed by atoms with E-state index in [1.54, 1.807) is 6.92 Å². The predicted octanol–water partition coefficient (Wildman–Crippen LogP) is 1.42. The molecule has 1 N–H and O–H groups in total. The van der Waals surface area contributed by atoms with Gasteiger partial charge in [-0.2, -0.15) is 0 Å². The van der Waals surface area contributed by atoms with Crippen LogP contribution in [0.5, 0.6) is 0 Å². The van der Waals surface area contributed by atoms with Crippen LogP contribution in [0, 0.1) is 0 Å². The summed E-state index contributed by atoms with van der Waals surface area (Å²) in [6, 6.07) is 0.0289. The molecule has 0 aromatic heterocycles. The van der Waals surface area contributed by atoms with Crippen molar-refractivity contribution in [1.82, 2.24) is 9.80 Å². The summed E-state index contributed by atoms with van der Waals surface area (Å²) in [7, 11) is 0. The molecular formula is C15H28N2O3. The highest BCUT2D eigenvalue weighted by molar-refractivity contribution is 5.72. The highest BCUT2D eigenvalue weighted by Crippen LogP contribution is 2.40. The fourth-order valence-electron chi connectivity index (χ4n) is 3.69. The number of hydrogen-bond donors (Lipinski definition) is 1. The second kappa shape index (κ2) is 5.28. The topological polar surface area (TPSA) is 53.0 Å². The van der Waals surface area contributed by atoms with Crippen LogP contribution in [-0.2, 0) is 9.53 Å². The zero-order valence-corrected chi connectivity index (χ0v) is 13.3. The second-order valence-electron chi connectivity index (χ2n) is 7.27. The SMILES string of the molecule is CC(C(=O)O)N1CCN(C2CC(C)(C)OC2(C)C)CC1. The minimum atomic E-state index is -0.732. The summed E-state index contributed by atoms with van der Waals surface area (Å²) >= 11 is 0. The average molecular weight is 284 g/mol. The van der Waals surface area contributed by atoms with Crippen LogP contribution in [0.15, 0.2) is 0 Å². The molecule has 2 heterocycles. The number of carboxylic acid groups (broad SMARTS) is 1. The van der Waals surface area contributed by atoms with E-state index in [4.69, 9.17) is 9.84 Å². The normalized spacial score (nSPS) is 32.1. The van der Waals surface area contributed by atoms with Crippen molar-refractivity contribution >= 4 is 5.97 Å². The highest BCUT2D eigenvalue weighted by atomic mass is 16.5. The third-order valence-electron chi connectivity index (χ3n) is 4.72. The van der Waals surface area contributed by atoms with Gasteiger partial charge < -0.3 is 9.84 Å². The fraction of sp³-hybridized carbons (Fsp3) is 0.933. The largest absolute Gasteiger partial charge is 0.480 e. The maximum atomic E-state index is 11.0. The standard InChI is InChI=1S/C15H28N2O3/c1-11(13(18)19)16-6-8-17(9-7-16)12-10-14(2,3)20-15(12,4)5/h11-12H,6-10H2,1-5H3,(H,18,19). The number of piperazine rings is 1. The fourth-order valence-corrected chi connectivity index (χ4v) is 3.69. The number of carboxylic acids is 1. The molecule has 0 aliphatic carbocycles. The summed E-state index contributed by atoms with van der Waals surface area (Å²) in [5.41, 5.74) is -0.205. The van der Waals surface area contributed by atoms with Gasteiger partial charge in [0.05, 0.1) is 11.2 Å². The first-order chi connectivity index (χ1) is 9.12. The highest BCUT2D eigenvalue weighted by Gasteiger charge is 2.48. The first-order valence-corrected chi connectivity index (χ1v) is 7.53. The van der Waals surface area contributed by atoms with E-state index in [1.807, 2.05) is 4.90 Å². The van der Waals surface area contributed by atoms with Crippen LogP contribution in [-0.4, -0.2) is 70.3 Å². The summed E-state index contributed by atoms with van der Waals surface area (Å²) in [5.74, 6) is -0.732. The maximum Gasteiger partial charge on any atom is 0.320 e. The molecule has 0 spiro atoms. The van der Waals surface area contributed by atoms with E-state index in [9.17, 15) is 4.79 Å². The van der Waals surface area contributed by atoms with Gasteiger partial charge in [-0.15, -0.1) is 0 Å². The van der Waals surface area contributed by atoms with Crippen molar-refractivity contribution in [2.75, 3.05) is 26.2 Å². The lowest BCUT2D eigenvalue weighted by Crippen LogP contribution is -2.57. The van der Waals surface area contributed by atoms with Gasteiger partial charge in [0, 0.05) is 32.2 Å². The van der Waals surface area contributed by atoms with Gasteiger partial charge >= 0.3 is 5.97 Å². The van der Waals surface area contributed by atoms with Crippen molar-refractivity contribution < 1.29 is 14.6 Å². The Balaban J connectivity index is 1.96. The summed E-state index contributed by atoms with van der Waals surface area (Å²) in [5, 5.41) is 9.09. The molecule has 2 aliphatic rings. The van der Waals surface area contributed by atoms with E-state index in [1.165, 1.54) is 0 Å². The molecule has 20 heavy (non-hydrogen) atoms. The van der Waals surface area contributed by atoms with Gasteiger partial charge in [0.1, 0.15) is 6.04 Å². The predicted molar refractivity (Wildman–Crippen MR) is 77.9 cm³/mol. The number of rotatable bonds is 3. The maximum absolute atomic E-state index is 11.0. The molecule has 2 fully saturated rings. The lowest BCUT2D eigenvalue weighted by atomic mass is 9.92. The summed E-state index contributed by atoms with van der Waals surface area (Å²) in [4.78, 5) is 15.6. The molecule has 5 nitrogen and oxygen atoms in total. The van der Waals surface area contributed by atoms with Gasteiger partial charge in [-0.25, -0.2) is 0 Å². The Morgan fingerprint density at radius 3 is 2.15 bits per heavy atom. The van der Waals surface area contributed by atoms with Crippen molar-refractivity contribution in [3.05, 3.63) is 0 Å². The molecule has 0 saturated carbocycles. The van der Waals surface area contributed by atoms with Crippen molar-refractivity contribution in [3.63, 3.8) is 0 Å². The first kappa shape index (κ1) is 15.7. The lowest BCUT2D eigenvalue weighted by Gasteiger charge is -2.42. The molecule has 2 rings (SSSR count). The third kappa shape index (κ3) is 3.15. The second-order valence-corrected chi connectivity index (χ2v) is 7.27. The van der Waals surface area contributed by atoms with Crippen molar-refractivity contribution in [2.24, 2.45) is 0 Å². The average Bonchev–Trinajstić information content (AvgIpc) is 2.56. The molecule has 0 aromatic rings. The van der Waals surface area contributed by atoms with Gasteiger partial charge in [-0.1, -0.05) is 0 Å². The summed E-state index contributed by atoms with van der Waals surface area (Å²) in [6.45, 7) is 13.9. The number of nitrogens with zero attached hydrogens (tertiary/aromatic N) is 2. The minimum Gasteiger partial charge on any atom is -0.480 e. The number of aliphatic carboxylic acids is 1. The van der Waals surface area contributed by atoms with Crippen LogP contribution < -0.4 is 0 Å². The third-order valence-corrected chi connectivity index (χ3v) is 4.72. The van der Waals surface area contributed by atoms with Gasteiger partial charge in [0.15, 0.2) is 0 Å². The van der Waals surface area contributed by atoms with Gasteiger partial charge in [-0.05, 0) is 41.0 Å². The molecule has 2 unspecified atom stereocenters. The van der Waals surface area contributed by atoms with Crippen molar-refractivity contribution in [3.8, 4) is 0 Å². The van der Waals surface area contributed by atoms with E-state index in [0.29, 0.717) is 6.04 Å². The van der Waals surface area contributed by atoms with Crippen molar-refractivity contribution in [1.29, 1.82) is 0 Å². The monoisotopic (exact) mass is 284 g/mol. The van der Waals surface area contributed by atoms with Crippen LogP contribution in [0.25, 0.3) is 0 Å². The molecule has 116 valence electrons. The minimum absolute atomic E-state index is 0.0698. The van der Waals surface area contributed by atoms with E-state index in [-0.39, 0.29) is 17.2 Å². The van der Waals surface area contributed by atoms with Crippen LogP contribution in [0.1, 0.15) is 41.0 Å². The molecule has 2 atom stereocenters. The van der Waals surface area contributed by atoms with E-state index in [2.05, 4.69) is 32.6 Å². The number of hydrogen-bond acceptors (Lipinski definition) is 4. The van der Waals surface area contributed by atoms with Gasteiger partial charge in [-0.3, -0.25) is 14.6 Å². The van der Waals surface area contributed by atoms with Crippen LogP contribution in [0.4, 0.5) is 0 Å². The van der Waals surface area contributed by atoms with E-state index in [0.717, 1.165) is 32.6 Å². The molecule has 0 amide bonds. The zero-order chi connectivity index (χ0) is 15.1.